The molecular formula is C18H35NS. The van der Waals surface area contributed by atoms with Gasteiger partial charge in [-0.3, -0.25) is 4.90 Å². The van der Waals surface area contributed by atoms with Gasteiger partial charge in [0, 0.05) is 19.1 Å². The molecule has 2 rings (SSSR count). The molecule has 0 atom stereocenters. The molecule has 0 aromatic rings. The second-order valence-corrected chi connectivity index (χ2v) is 8.15. The zero-order valence-electron chi connectivity index (χ0n) is 13.7. The highest BCUT2D eigenvalue weighted by molar-refractivity contribution is 7.80. The van der Waals surface area contributed by atoms with Crippen LogP contribution in [0.4, 0.5) is 0 Å². The van der Waals surface area contributed by atoms with Gasteiger partial charge in [0.1, 0.15) is 0 Å². The summed E-state index contributed by atoms with van der Waals surface area (Å²) in [5.41, 5.74) is 0.511. The van der Waals surface area contributed by atoms with Crippen LogP contribution in [0.3, 0.4) is 0 Å². The highest BCUT2D eigenvalue weighted by atomic mass is 32.1. The van der Waals surface area contributed by atoms with Gasteiger partial charge in [-0.2, -0.15) is 12.6 Å². The second-order valence-electron chi connectivity index (χ2n) is 7.83. The highest BCUT2D eigenvalue weighted by Crippen LogP contribution is 2.38. The minimum atomic E-state index is 0.511. The minimum Gasteiger partial charge on any atom is -0.300 e. The van der Waals surface area contributed by atoms with Gasteiger partial charge >= 0.3 is 0 Å². The molecule has 0 aliphatic heterocycles. The molecule has 2 aliphatic rings. The first-order valence-corrected chi connectivity index (χ1v) is 9.63. The Morgan fingerprint density at radius 1 is 1.00 bits per heavy atom. The van der Waals surface area contributed by atoms with Crippen LogP contribution < -0.4 is 0 Å². The van der Waals surface area contributed by atoms with Gasteiger partial charge in [-0.15, -0.1) is 0 Å². The van der Waals surface area contributed by atoms with Gasteiger partial charge in [0.15, 0.2) is 0 Å². The summed E-state index contributed by atoms with van der Waals surface area (Å²) in [4.78, 5) is 2.86. The Kier molecular flexibility index (Phi) is 6.74. The highest BCUT2D eigenvalue weighted by Gasteiger charge is 2.34. The van der Waals surface area contributed by atoms with E-state index in [9.17, 15) is 0 Å². The van der Waals surface area contributed by atoms with Crippen molar-refractivity contribution in [2.75, 3.05) is 18.8 Å². The Bertz CT molecular complexity index is 263. The van der Waals surface area contributed by atoms with Crippen LogP contribution in [0.1, 0.15) is 78.1 Å². The lowest BCUT2D eigenvalue weighted by Crippen LogP contribution is -2.45. The van der Waals surface area contributed by atoms with E-state index in [4.69, 9.17) is 12.6 Å². The largest absolute Gasteiger partial charge is 0.300 e. The van der Waals surface area contributed by atoms with Crippen molar-refractivity contribution in [3.8, 4) is 0 Å². The lowest BCUT2D eigenvalue weighted by Gasteiger charge is -2.40. The molecule has 0 heterocycles. The fourth-order valence-electron chi connectivity index (χ4n) is 4.36. The normalized spacial score (nSPS) is 24.4. The van der Waals surface area contributed by atoms with Crippen molar-refractivity contribution in [3.63, 3.8) is 0 Å². The lowest BCUT2D eigenvalue weighted by molar-refractivity contribution is 0.0990. The monoisotopic (exact) mass is 297 g/mol. The van der Waals surface area contributed by atoms with E-state index in [-0.39, 0.29) is 0 Å². The third kappa shape index (κ3) is 4.66. The van der Waals surface area contributed by atoms with Crippen LogP contribution in [-0.2, 0) is 0 Å². The van der Waals surface area contributed by atoms with Gasteiger partial charge in [0.25, 0.3) is 0 Å². The first kappa shape index (κ1) is 16.7. The summed E-state index contributed by atoms with van der Waals surface area (Å²) in [6.45, 7) is 7.37. The number of hydrogen-bond acceptors (Lipinski definition) is 2. The van der Waals surface area contributed by atoms with E-state index >= 15 is 0 Å². The Hall–Kier alpha value is 0.310. The van der Waals surface area contributed by atoms with Crippen molar-refractivity contribution >= 4 is 12.6 Å². The molecule has 1 nitrogen and oxygen atoms in total. The Labute approximate surface area is 132 Å². The summed E-state index contributed by atoms with van der Waals surface area (Å²) >= 11 is 4.78. The van der Waals surface area contributed by atoms with E-state index in [0.29, 0.717) is 5.41 Å². The van der Waals surface area contributed by atoms with Gasteiger partial charge in [-0.1, -0.05) is 52.4 Å². The third-order valence-corrected chi connectivity index (χ3v) is 6.15. The first-order valence-electron chi connectivity index (χ1n) is 9.00. The molecule has 118 valence electrons. The van der Waals surface area contributed by atoms with E-state index < -0.39 is 0 Å². The molecule has 20 heavy (non-hydrogen) atoms. The number of thiol groups is 1. The molecule has 0 saturated heterocycles. The maximum absolute atomic E-state index is 4.78. The molecule has 0 N–H and O–H groups in total. The smallest absolute Gasteiger partial charge is 0.00956 e. The summed E-state index contributed by atoms with van der Waals surface area (Å²) < 4.78 is 0. The van der Waals surface area contributed by atoms with Crippen molar-refractivity contribution in [1.82, 2.24) is 4.90 Å². The van der Waals surface area contributed by atoms with Gasteiger partial charge in [-0.05, 0) is 42.8 Å². The van der Waals surface area contributed by atoms with Gasteiger partial charge in [0.2, 0.25) is 0 Å². The molecule has 0 aromatic carbocycles. The van der Waals surface area contributed by atoms with Crippen LogP contribution in [-0.4, -0.2) is 29.8 Å². The van der Waals surface area contributed by atoms with Crippen molar-refractivity contribution in [1.29, 1.82) is 0 Å². The van der Waals surface area contributed by atoms with E-state index in [0.717, 1.165) is 17.7 Å². The fraction of sp³-hybridized carbons (Fsp3) is 1.00. The Balaban J connectivity index is 2.02. The summed E-state index contributed by atoms with van der Waals surface area (Å²) in [7, 11) is 0. The molecule has 0 unspecified atom stereocenters. The molecule has 2 heteroatoms. The summed E-state index contributed by atoms with van der Waals surface area (Å²) in [6.07, 6.45) is 14.4. The van der Waals surface area contributed by atoms with Gasteiger partial charge in [-0.25, -0.2) is 0 Å². The maximum Gasteiger partial charge on any atom is 0.00956 e. The minimum absolute atomic E-state index is 0.511. The predicted octanol–water partition coefficient (Wildman–Crippen LogP) is 5.16. The van der Waals surface area contributed by atoms with E-state index in [1.807, 2.05) is 0 Å². The van der Waals surface area contributed by atoms with Crippen LogP contribution >= 0.6 is 12.6 Å². The van der Waals surface area contributed by atoms with E-state index in [1.165, 1.54) is 77.3 Å². The van der Waals surface area contributed by atoms with Gasteiger partial charge in [0.05, 0.1) is 0 Å². The van der Waals surface area contributed by atoms with Crippen LogP contribution in [0.25, 0.3) is 0 Å². The summed E-state index contributed by atoms with van der Waals surface area (Å²) in [5.74, 6) is 1.88. The van der Waals surface area contributed by atoms with E-state index in [2.05, 4.69) is 18.7 Å². The van der Waals surface area contributed by atoms with Crippen LogP contribution in [0, 0.1) is 11.3 Å². The molecule has 0 amide bonds. The van der Waals surface area contributed by atoms with Crippen LogP contribution in [0.15, 0.2) is 0 Å². The molecule has 2 saturated carbocycles. The average molecular weight is 298 g/mol. The molecular weight excluding hydrogens is 262 g/mol. The molecule has 0 aromatic heterocycles. The molecule has 0 radical (unpaired) electrons. The van der Waals surface area contributed by atoms with Crippen molar-refractivity contribution in [2.24, 2.45) is 11.3 Å². The van der Waals surface area contributed by atoms with Crippen LogP contribution in [0.2, 0.25) is 0 Å². The molecule has 2 aliphatic carbocycles. The zero-order chi connectivity index (χ0) is 14.4. The summed E-state index contributed by atoms with van der Waals surface area (Å²) in [5, 5.41) is 0. The maximum atomic E-state index is 4.78. The van der Waals surface area contributed by atoms with Crippen molar-refractivity contribution in [2.45, 2.75) is 84.1 Å². The SMILES string of the molecule is CC(C)CN(CC1(CS)CCCCCC1)C1CCCC1. The fourth-order valence-corrected chi connectivity index (χ4v) is 4.77. The van der Waals surface area contributed by atoms with E-state index in [1.54, 1.807) is 0 Å². The van der Waals surface area contributed by atoms with Crippen molar-refractivity contribution < 1.29 is 0 Å². The summed E-state index contributed by atoms with van der Waals surface area (Å²) in [6, 6.07) is 0.873. The number of nitrogens with zero attached hydrogens (tertiary/aromatic N) is 1. The Morgan fingerprint density at radius 3 is 2.10 bits per heavy atom. The zero-order valence-corrected chi connectivity index (χ0v) is 14.6. The third-order valence-electron chi connectivity index (χ3n) is 5.48. The number of rotatable bonds is 6. The predicted molar refractivity (Wildman–Crippen MR) is 92.7 cm³/mol. The second kappa shape index (κ2) is 8.08. The molecule has 0 spiro atoms. The topological polar surface area (TPSA) is 3.24 Å². The standard InChI is InChI=1S/C18H35NS/c1-16(2)13-19(17-9-5-6-10-17)14-18(15-20)11-7-3-4-8-12-18/h16-17,20H,3-15H2,1-2H3. The molecule has 0 bridgehead atoms. The lowest BCUT2D eigenvalue weighted by atomic mass is 9.81. The number of hydrogen-bond donors (Lipinski definition) is 1. The quantitative estimate of drug-likeness (QED) is 0.523. The average Bonchev–Trinajstić information content (AvgIpc) is 2.85. The van der Waals surface area contributed by atoms with Crippen LogP contribution in [0.5, 0.6) is 0 Å². The molecule has 2 fully saturated rings. The van der Waals surface area contributed by atoms with Gasteiger partial charge < -0.3 is 0 Å². The first-order chi connectivity index (χ1) is 9.65. The van der Waals surface area contributed by atoms with Crippen molar-refractivity contribution in [3.05, 3.63) is 0 Å². The Morgan fingerprint density at radius 2 is 1.60 bits per heavy atom.